The topological polar surface area (TPSA) is 75.3 Å². The van der Waals surface area contributed by atoms with Crippen LogP contribution < -0.4 is 11.1 Å². The number of nitrogens with one attached hydrogen (secondary N) is 1. The number of carbonyl (C=O) groups is 1. The van der Waals surface area contributed by atoms with E-state index in [-0.39, 0.29) is 11.3 Å². The summed E-state index contributed by atoms with van der Waals surface area (Å²) in [5, 5.41) is 11.2. The summed E-state index contributed by atoms with van der Waals surface area (Å²) in [7, 11) is 0. The molecule has 0 saturated heterocycles. The molecule has 0 saturated carbocycles. The highest BCUT2D eigenvalue weighted by atomic mass is 19.3. The number of phenolic OH excluding ortho intramolecular Hbond substituents is 1. The van der Waals surface area contributed by atoms with Gasteiger partial charge in [-0.15, -0.1) is 0 Å². The van der Waals surface area contributed by atoms with E-state index in [0.29, 0.717) is 5.56 Å². The van der Waals surface area contributed by atoms with E-state index < -0.39 is 24.9 Å². The number of aryl methyl sites for hydroxylation is 1. The molecule has 1 amide bonds. The van der Waals surface area contributed by atoms with E-state index >= 15 is 0 Å². The van der Waals surface area contributed by atoms with Crippen molar-refractivity contribution in [3.63, 3.8) is 0 Å². The second-order valence-corrected chi connectivity index (χ2v) is 3.74. The van der Waals surface area contributed by atoms with Gasteiger partial charge in [-0.3, -0.25) is 4.79 Å². The third-order valence-electron chi connectivity index (χ3n) is 2.26. The molecule has 0 aliphatic heterocycles. The van der Waals surface area contributed by atoms with Crippen molar-refractivity contribution in [3.05, 3.63) is 29.3 Å². The van der Waals surface area contributed by atoms with E-state index in [4.69, 9.17) is 10.8 Å². The number of hydrogen-bond acceptors (Lipinski definition) is 3. The largest absolute Gasteiger partial charge is 0.508 e. The van der Waals surface area contributed by atoms with E-state index in [0.717, 1.165) is 0 Å². The Balaban J connectivity index is 2.71. The van der Waals surface area contributed by atoms with Gasteiger partial charge in [-0.2, -0.15) is 0 Å². The minimum atomic E-state index is -3.11. The summed E-state index contributed by atoms with van der Waals surface area (Å²) in [4.78, 5) is 11.6. The summed E-state index contributed by atoms with van der Waals surface area (Å²) in [6, 6.07) is 4.08. The third kappa shape index (κ3) is 3.67. The van der Waals surface area contributed by atoms with Gasteiger partial charge in [0.25, 0.3) is 11.8 Å². The van der Waals surface area contributed by atoms with Crippen LogP contribution in [-0.2, 0) is 0 Å². The summed E-state index contributed by atoms with van der Waals surface area (Å²) < 4.78 is 25.6. The Bertz CT molecular complexity index is 422. The molecule has 6 heteroatoms. The number of hydrogen-bond donors (Lipinski definition) is 3. The van der Waals surface area contributed by atoms with E-state index in [9.17, 15) is 13.6 Å². The molecule has 0 radical (unpaired) electrons. The molecule has 0 atom stereocenters. The number of phenols is 1. The second kappa shape index (κ2) is 5.09. The number of amides is 1. The second-order valence-electron chi connectivity index (χ2n) is 3.74. The molecule has 0 aliphatic carbocycles. The first-order chi connectivity index (χ1) is 7.85. The Kier molecular flexibility index (Phi) is 4.01. The van der Waals surface area contributed by atoms with Gasteiger partial charge in [-0.05, 0) is 30.7 Å². The van der Waals surface area contributed by atoms with Gasteiger partial charge in [0, 0.05) is 5.56 Å². The van der Waals surface area contributed by atoms with Crippen LogP contribution >= 0.6 is 0 Å². The average molecular weight is 244 g/mol. The van der Waals surface area contributed by atoms with Gasteiger partial charge >= 0.3 is 0 Å². The number of nitrogens with two attached hydrogens (primary N) is 1. The van der Waals surface area contributed by atoms with Crippen molar-refractivity contribution in [3.8, 4) is 5.75 Å². The molecule has 1 rings (SSSR count). The van der Waals surface area contributed by atoms with Crippen LogP contribution in [0.4, 0.5) is 8.78 Å². The van der Waals surface area contributed by atoms with E-state index in [1.54, 1.807) is 6.92 Å². The van der Waals surface area contributed by atoms with Crippen molar-refractivity contribution in [2.24, 2.45) is 5.73 Å². The zero-order valence-electron chi connectivity index (χ0n) is 9.34. The number of carbonyl (C=O) groups excluding carboxylic acids is 1. The Labute approximate surface area is 97.4 Å². The predicted octanol–water partition coefficient (Wildman–Crippen LogP) is 1.02. The highest BCUT2D eigenvalue weighted by Gasteiger charge is 2.27. The summed E-state index contributed by atoms with van der Waals surface area (Å²) in [5.74, 6) is -3.71. The minimum absolute atomic E-state index is 0.0198. The maximum atomic E-state index is 12.8. The molecule has 1 aromatic carbocycles. The van der Waals surface area contributed by atoms with Crippen molar-refractivity contribution < 1.29 is 18.7 Å². The van der Waals surface area contributed by atoms with E-state index in [2.05, 4.69) is 5.32 Å². The standard InChI is InChI=1S/C11H14F2N2O2/c1-7-4-8(16)2-3-9(7)10(17)15-6-11(12,13)5-14/h2-4,16H,5-6,14H2,1H3,(H,15,17). The van der Waals surface area contributed by atoms with Crippen LogP contribution in [-0.4, -0.2) is 30.0 Å². The van der Waals surface area contributed by atoms with Crippen LogP contribution in [0.1, 0.15) is 15.9 Å². The molecule has 0 bridgehead atoms. The first-order valence-electron chi connectivity index (χ1n) is 5.01. The highest BCUT2D eigenvalue weighted by Crippen LogP contribution is 2.16. The van der Waals surface area contributed by atoms with Crippen LogP contribution in [0.25, 0.3) is 0 Å². The van der Waals surface area contributed by atoms with Crippen molar-refractivity contribution in [2.45, 2.75) is 12.8 Å². The number of aromatic hydroxyl groups is 1. The maximum absolute atomic E-state index is 12.8. The molecule has 1 aromatic rings. The lowest BCUT2D eigenvalue weighted by Gasteiger charge is -2.15. The minimum Gasteiger partial charge on any atom is -0.508 e. The smallest absolute Gasteiger partial charge is 0.277 e. The fraction of sp³-hybridized carbons (Fsp3) is 0.364. The molecule has 0 heterocycles. The molecule has 0 aliphatic rings. The van der Waals surface area contributed by atoms with E-state index in [1.807, 2.05) is 0 Å². The molecule has 94 valence electrons. The quantitative estimate of drug-likeness (QED) is 0.740. The van der Waals surface area contributed by atoms with Crippen LogP contribution in [0.15, 0.2) is 18.2 Å². The first-order valence-corrected chi connectivity index (χ1v) is 5.01. The van der Waals surface area contributed by atoms with E-state index in [1.165, 1.54) is 18.2 Å². The Hall–Kier alpha value is -1.69. The fourth-order valence-electron chi connectivity index (χ4n) is 1.28. The van der Waals surface area contributed by atoms with Gasteiger partial charge in [-0.25, -0.2) is 8.78 Å². The normalized spacial score (nSPS) is 11.3. The zero-order chi connectivity index (χ0) is 13.1. The molecular weight excluding hydrogens is 230 g/mol. The lowest BCUT2D eigenvalue weighted by molar-refractivity contribution is 0.0118. The molecule has 4 nitrogen and oxygen atoms in total. The number of halogens is 2. The average Bonchev–Trinajstić information content (AvgIpc) is 2.26. The maximum Gasteiger partial charge on any atom is 0.277 e. The molecule has 4 N–H and O–H groups in total. The van der Waals surface area contributed by atoms with Gasteiger partial charge in [0.2, 0.25) is 0 Å². The van der Waals surface area contributed by atoms with Crippen LogP contribution in [0.2, 0.25) is 0 Å². The lowest BCUT2D eigenvalue weighted by atomic mass is 10.1. The van der Waals surface area contributed by atoms with Crippen LogP contribution in [0.5, 0.6) is 5.75 Å². The van der Waals surface area contributed by atoms with Gasteiger partial charge < -0.3 is 16.2 Å². The summed E-state index contributed by atoms with van der Waals surface area (Å²) >= 11 is 0. The summed E-state index contributed by atoms with van der Waals surface area (Å²) in [5.41, 5.74) is 5.61. The highest BCUT2D eigenvalue weighted by molar-refractivity contribution is 5.95. The molecule has 0 fully saturated rings. The Morgan fingerprint density at radius 2 is 2.18 bits per heavy atom. The van der Waals surface area contributed by atoms with Crippen molar-refractivity contribution in [1.29, 1.82) is 0 Å². The van der Waals surface area contributed by atoms with Gasteiger partial charge in [0.05, 0.1) is 13.1 Å². The van der Waals surface area contributed by atoms with Crippen molar-refractivity contribution >= 4 is 5.91 Å². The Morgan fingerprint density at radius 1 is 1.53 bits per heavy atom. The molecule has 0 unspecified atom stereocenters. The summed E-state index contributed by atoms with van der Waals surface area (Å²) in [6.07, 6.45) is 0. The molecular formula is C11H14F2N2O2. The van der Waals surface area contributed by atoms with Crippen LogP contribution in [0, 0.1) is 6.92 Å². The number of alkyl halides is 2. The monoisotopic (exact) mass is 244 g/mol. The van der Waals surface area contributed by atoms with Crippen molar-refractivity contribution in [1.82, 2.24) is 5.32 Å². The lowest BCUT2D eigenvalue weighted by Crippen LogP contribution is -2.41. The van der Waals surface area contributed by atoms with Gasteiger partial charge in [-0.1, -0.05) is 0 Å². The summed E-state index contributed by atoms with van der Waals surface area (Å²) in [6.45, 7) is -0.0137. The first kappa shape index (κ1) is 13.4. The van der Waals surface area contributed by atoms with Crippen molar-refractivity contribution in [2.75, 3.05) is 13.1 Å². The Morgan fingerprint density at radius 3 is 2.71 bits per heavy atom. The predicted molar refractivity (Wildman–Crippen MR) is 59.2 cm³/mol. The van der Waals surface area contributed by atoms with Gasteiger partial charge in [0.1, 0.15) is 5.75 Å². The zero-order valence-corrected chi connectivity index (χ0v) is 9.34. The fourth-order valence-corrected chi connectivity index (χ4v) is 1.28. The third-order valence-corrected chi connectivity index (χ3v) is 2.26. The molecule has 0 aromatic heterocycles. The van der Waals surface area contributed by atoms with Gasteiger partial charge in [0.15, 0.2) is 0 Å². The number of benzene rings is 1. The SMILES string of the molecule is Cc1cc(O)ccc1C(=O)NCC(F)(F)CN. The number of rotatable bonds is 4. The molecule has 0 spiro atoms. The molecule has 17 heavy (non-hydrogen) atoms. The van der Waals surface area contributed by atoms with Crippen LogP contribution in [0.3, 0.4) is 0 Å².